The van der Waals surface area contributed by atoms with Gasteiger partial charge in [0.2, 0.25) is 11.8 Å². The van der Waals surface area contributed by atoms with Crippen LogP contribution in [0.1, 0.15) is 51.9 Å². The number of amides is 2. The third kappa shape index (κ3) is 5.96. The van der Waals surface area contributed by atoms with Crippen LogP contribution in [0.2, 0.25) is 0 Å². The van der Waals surface area contributed by atoms with Crippen LogP contribution in [0.25, 0.3) is 0 Å². The Morgan fingerprint density at radius 3 is 2.00 bits per heavy atom. The summed E-state index contributed by atoms with van der Waals surface area (Å²) in [7, 11) is 0. The van der Waals surface area contributed by atoms with Crippen molar-refractivity contribution in [1.29, 1.82) is 0 Å². The molecular formula is C19H36Cl2N4O2. The minimum absolute atomic E-state index is 0. The summed E-state index contributed by atoms with van der Waals surface area (Å²) in [5.74, 6) is 0.857. The largest absolute Gasteiger partial charge is 0.341 e. The van der Waals surface area contributed by atoms with Crippen LogP contribution in [0.4, 0.5) is 0 Å². The highest BCUT2D eigenvalue weighted by atomic mass is 35.5. The molecule has 0 radical (unpaired) electrons. The molecule has 0 unspecified atom stereocenters. The van der Waals surface area contributed by atoms with Crippen LogP contribution < -0.4 is 5.73 Å². The molecule has 3 fully saturated rings. The number of carbonyl (C=O) groups excluding carboxylic acids is 2. The van der Waals surface area contributed by atoms with E-state index in [9.17, 15) is 9.59 Å². The fourth-order valence-corrected chi connectivity index (χ4v) is 4.56. The minimum Gasteiger partial charge on any atom is -0.341 e. The van der Waals surface area contributed by atoms with Crippen molar-refractivity contribution in [3.8, 4) is 0 Å². The van der Waals surface area contributed by atoms with E-state index in [0.717, 1.165) is 84.3 Å². The monoisotopic (exact) mass is 422 g/mol. The molecule has 6 nitrogen and oxygen atoms in total. The molecule has 2 N–H and O–H groups in total. The lowest BCUT2D eigenvalue weighted by atomic mass is 9.90. The van der Waals surface area contributed by atoms with E-state index in [1.165, 1.54) is 0 Å². The van der Waals surface area contributed by atoms with Gasteiger partial charge in [-0.25, -0.2) is 0 Å². The first-order chi connectivity index (χ1) is 12.0. The zero-order chi connectivity index (χ0) is 17.9. The number of nitrogens with zero attached hydrogens (tertiary/aromatic N) is 3. The highest BCUT2D eigenvalue weighted by molar-refractivity contribution is 5.86. The van der Waals surface area contributed by atoms with Crippen molar-refractivity contribution in [1.82, 2.24) is 14.7 Å². The Bertz CT molecular complexity index is 484. The summed E-state index contributed by atoms with van der Waals surface area (Å²) in [6.07, 6.45) is 6.30. The smallest absolute Gasteiger partial charge is 0.242 e. The lowest BCUT2D eigenvalue weighted by Crippen LogP contribution is -2.55. The second-order valence-electron chi connectivity index (χ2n) is 8.12. The standard InChI is InChI=1S/C19H34N4O2.2ClH/c1-2-21-11-13-22(14-12-21)17(24)15-16-5-9-23(10-6-16)18(25)19(20)7-3-4-8-19;;/h16H,2-15,20H2,1H3;2*1H. The molecule has 1 saturated carbocycles. The number of piperazine rings is 1. The maximum atomic E-state index is 12.7. The van der Waals surface area contributed by atoms with E-state index in [4.69, 9.17) is 5.73 Å². The molecule has 0 atom stereocenters. The fourth-order valence-electron chi connectivity index (χ4n) is 4.56. The number of nitrogens with two attached hydrogens (primary N) is 1. The number of hydrogen-bond acceptors (Lipinski definition) is 4. The molecule has 0 aromatic heterocycles. The maximum absolute atomic E-state index is 12.7. The number of piperidine rings is 1. The summed E-state index contributed by atoms with van der Waals surface area (Å²) >= 11 is 0. The molecule has 1 aliphatic carbocycles. The summed E-state index contributed by atoms with van der Waals surface area (Å²) in [5, 5.41) is 0. The Morgan fingerprint density at radius 2 is 1.48 bits per heavy atom. The average Bonchev–Trinajstić information content (AvgIpc) is 3.09. The molecule has 8 heteroatoms. The normalized spacial score (nSPS) is 23.5. The first kappa shape index (κ1) is 24.5. The van der Waals surface area contributed by atoms with Crippen molar-refractivity contribution in [3.05, 3.63) is 0 Å². The van der Waals surface area contributed by atoms with Gasteiger partial charge >= 0.3 is 0 Å². The molecule has 0 spiro atoms. The predicted octanol–water partition coefficient (Wildman–Crippen LogP) is 1.89. The van der Waals surface area contributed by atoms with Crippen molar-refractivity contribution in [2.75, 3.05) is 45.8 Å². The van der Waals surface area contributed by atoms with E-state index in [1.54, 1.807) is 0 Å². The van der Waals surface area contributed by atoms with E-state index in [-0.39, 0.29) is 30.7 Å². The third-order valence-corrected chi connectivity index (χ3v) is 6.46. The van der Waals surface area contributed by atoms with Gasteiger partial charge in [-0.3, -0.25) is 9.59 Å². The highest BCUT2D eigenvalue weighted by Gasteiger charge is 2.40. The van der Waals surface area contributed by atoms with Crippen LogP contribution >= 0.6 is 24.8 Å². The van der Waals surface area contributed by atoms with Gasteiger partial charge in [-0.2, -0.15) is 0 Å². The molecule has 2 aliphatic heterocycles. The van der Waals surface area contributed by atoms with E-state index in [2.05, 4.69) is 11.8 Å². The molecule has 0 aromatic rings. The van der Waals surface area contributed by atoms with Gasteiger partial charge in [-0.15, -0.1) is 24.8 Å². The first-order valence-corrected chi connectivity index (χ1v) is 10.1. The summed E-state index contributed by atoms with van der Waals surface area (Å²) in [6, 6.07) is 0. The molecule has 27 heavy (non-hydrogen) atoms. The summed E-state index contributed by atoms with van der Waals surface area (Å²) in [6.45, 7) is 8.47. The predicted molar refractivity (Wildman–Crippen MR) is 112 cm³/mol. The number of carbonyl (C=O) groups is 2. The SMILES string of the molecule is CCN1CCN(C(=O)CC2CCN(C(=O)C3(N)CCCC3)CC2)CC1.Cl.Cl. The molecule has 2 heterocycles. The maximum Gasteiger partial charge on any atom is 0.242 e. The molecule has 0 bridgehead atoms. The lowest BCUT2D eigenvalue weighted by Gasteiger charge is -2.38. The Hall–Kier alpha value is -0.560. The quantitative estimate of drug-likeness (QED) is 0.750. The Labute approximate surface area is 176 Å². The third-order valence-electron chi connectivity index (χ3n) is 6.46. The molecular weight excluding hydrogens is 387 g/mol. The molecule has 158 valence electrons. The molecule has 3 rings (SSSR count). The summed E-state index contributed by atoms with van der Waals surface area (Å²) < 4.78 is 0. The minimum atomic E-state index is -0.610. The zero-order valence-corrected chi connectivity index (χ0v) is 18.2. The van der Waals surface area contributed by atoms with Crippen LogP contribution in [0.15, 0.2) is 0 Å². The van der Waals surface area contributed by atoms with Gasteiger partial charge in [-0.05, 0) is 38.1 Å². The van der Waals surface area contributed by atoms with Gasteiger partial charge in [0.05, 0.1) is 5.54 Å². The van der Waals surface area contributed by atoms with E-state index in [0.29, 0.717) is 18.2 Å². The number of rotatable bonds is 4. The van der Waals surface area contributed by atoms with E-state index >= 15 is 0 Å². The van der Waals surface area contributed by atoms with Gasteiger partial charge in [0.1, 0.15) is 0 Å². The average molecular weight is 423 g/mol. The van der Waals surface area contributed by atoms with Crippen molar-refractivity contribution < 1.29 is 9.59 Å². The van der Waals surface area contributed by atoms with Crippen LogP contribution in [0, 0.1) is 5.92 Å². The topological polar surface area (TPSA) is 69.9 Å². The molecule has 0 aromatic carbocycles. The lowest BCUT2D eigenvalue weighted by molar-refractivity contribution is -0.138. The number of halogens is 2. The van der Waals surface area contributed by atoms with Crippen molar-refractivity contribution >= 4 is 36.6 Å². The molecule has 2 saturated heterocycles. The zero-order valence-electron chi connectivity index (χ0n) is 16.5. The Kier molecular flexibility index (Phi) is 9.83. The highest BCUT2D eigenvalue weighted by Crippen LogP contribution is 2.31. The van der Waals surface area contributed by atoms with Gasteiger partial charge in [0.25, 0.3) is 0 Å². The van der Waals surface area contributed by atoms with Crippen LogP contribution in [0.3, 0.4) is 0 Å². The van der Waals surface area contributed by atoms with Crippen LogP contribution in [0.5, 0.6) is 0 Å². The number of likely N-dealkylation sites (N-methyl/N-ethyl adjacent to an activating group) is 1. The van der Waals surface area contributed by atoms with Crippen molar-refractivity contribution in [3.63, 3.8) is 0 Å². The Balaban J connectivity index is 0.00000182. The number of likely N-dealkylation sites (tertiary alicyclic amines) is 1. The second-order valence-corrected chi connectivity index (χ2v) is 8.12. The van der Waals surface area contributed by atoms with Gasteiger partial charge in [0, 0.05) is 45.7 Å². The van der Waals surface area contributed by atoms with Crippen molar-refractivity contribution in [2.45, 2.75) is 57.4 Å². The van der Waals surface area contributed by atoms with E-state index < -0.39 is 5.54 Å². The summed E-state index contributed by atoms with van der Waals surface area (Å²) in [5.41, 5.74) is 5.70. The molecule has 2 amide bonds. The van der Waals surface area contributed by atoms with E-state index in [1.807, 2.05) is 9.80 Å². The van der Waals surface area contributed by atoms with Crippen molar-refractivity contribution in [2.24, 2.45) is 11.7 Å². The van der Waals surface area contributed by atoms with Gasteiger partial charge < -0.3 is 20.4 Å². The number of hydrogen-bond donors (Lipinski definition) is 1. The van der Waals surface area contributed by atoms with Crippen LogP contribution in [-0.4, -0.2) is 77.9 Å². The van der Waals surface area contributed by atoms with Gasteiger partial charge in [0.15, 0.2) is 0 Å². The summed E-state index contributed by atoms with van der Waals surface area (Å²) in [4.78, 5) is 31.6. The molecule has 3 aliphatic rings. The first-order valence-electron chi connectivity index (χ1n) is 10.1. The fraction of sp³-hybridized carbons (Fsp3) is 0.895. The van der Waals surface area contributed by atoms with Crippen LogP contribution in [-0.2, 0) is 9.59 Å². The second kappa shape index (κ2) is 10.8. The Morgan fingerprint density at radius 1 is 0.926 bits per heavy atom. The van der Waals surface area contributed by atoms with Gasteiger partial charge in [-0.1, -0.05) is 19.8 Å².